The first-order valence-corrected chi connectivity index (χ1v) is 7.98. The molecule has 108 valence electrons. The summed E-state index contributed by atoms with van der Waals surface area (Å²) in [6.07, 6.45) is 7.80. The molecule has 0 heterocycles. The van der Waals surface area contributed by atoms with Crippen molar-refractivity contribution in [1.82, 2.24) is 5.32 Å². The van der Waals surface area contributed by atoms with Crippen LogP contribution in [-0.2, 0) is 6.42 Å². The number of hydrogen-bond donors (Lipinski definition) is 1. The average Bonchev–Trinajstić information content (AvgIpc) is 2.50. The highest BCUT2D eigenvalue weighted by molar-refractivity contribution is 5.82. The number of hydrogen-bond acceptors (Lipinski definition) is 1. The lowest BCUT2D eigenvalue weighted by molar-refractivity contribution is 0.485. The van der Waals surface area contributed by atoms with E-state index in [1.807, 2.05) is 0 Å². The van der Waals surface area contributed by atoms with Crippen LogP contribution in [0.4, 0.5) is 0 Å². The van der Waals surface area contributed by atoms with Crippen LogP contribution in [0.2, 0.25) is 0 Å². The molecule has 0 fully saturated rings. The fourth-order valence-corrected chi connectivity index (χ4v) is 2.82. The molecule has 0 bridgehead atoms. The van der Waals surface area contributed by atoms with Crippen LogP contribution in [0.15, 0.2) is 42.5 Å². The van der Waals surface area contributed by atoms with Gasteiger partial charge in [-0.15, -0.1) is 0 Å². The Morgan fingerprint density at radius 2 is 1.75 bits per heavy atom. The molecule has 0 aromatic heterocycles. The van der Waals surface area contributed by atoms with Gasteiger partial charge in [0.05, 0.1) is 0 Å². The van der Waals surface area contributed by atoms with E-state index in [1.165, 1.54) is 48.4 Å². The van der Waals surface area contributed by atoms with Crippen LogP contribution in [0.1, 0.15) is 44.6 Å². The van der Waals surface area contributed by atoms with Crippen LogP contribution < -0.4 is 5.32 Å². The second-order valence-electron chi connectivity index (χ2n) is 5.72. The largest absolute Gasteiger partial charge is 0.317 e. The Labute approximate surface area is 123 Å². The molecule has 1 nitrogen and oxygen atoms in total. The summed E-state index contributed by atoms with van der Waals surface area (Å²) in [4.78, 5) is 0. The topological polar surface area (TPSA) is 12.0 Å². The summed E-state index contributed by atoms with van der Waals surface area (Å²) in [6.45, 7) is 2.27. The Balaban J connectivity index is 1.94. The average molecular weight is 269 g/mol. The lowest BCUT2D eigenvalue weighted by atomic mass is 9.98. The highest BCUT2D eigenvalue weighted by atomic mass is 14.9. The maximum absolute atomic E-state index is 3.48. The molecule has 0 aliphatic heterocycles. The summed E-state index contributed by atoms with van der Waals surface area (Å²) < 4.78 is 0. The third kappa shape index (κ3) is 4.35. The summed E-state index contributed by atoms with van der Waals surface area (Å²) in [5, 5.41) is 6.16. The predicted molar refractivity (Wildman–Crippen MR) is 89.3 cm³/mol. The molecule has 1 heteroatoms. The Kier molecular flexibility index (Phi) is 6.07. The molecular formula is C19H27N. The van der Waals surface area contributed by atoms with E-state index in [4.69, 9.17) is 0 Å². The van der Waals surface area contributed by atoms with Crippen LogP contribution in [0, 0.1) is 0 Å². The number of rotatable bonds is 8. The van der Waals surface area contributed by atoms with Gasteiger partial charge in [-0.3, -0.25) is 0 Å². The molecular weight excluding hydrogens is 242 g/mol. The Morgan fingerprint density at radius 3 is 2.50 bits per heavy atom. The van der Waals surface area contributed by atoms with Gasteiger partial charge in [-0.05, 0) is 36.2 Å². The van der Waals surface area contributed by atoms with E-state index >= 15 is 0 Å². The molecule has 1 atom stereocenters. The number of likely N-dealkylation sites (N-methyl/N-ethyl adjacent to an activating group) is 1. The third-order valence-electron chi connectivity index (χ3n) is 4.11. The van der Waals surface area contributed by atoms with Crippen molar-refractivity contribution in [2.24, 2.45) is 0 Å². The van der Waals surface area contributed by atoms with E-state index in [0.717, 1.165) is 6.42 Å². The zero-order chi connectivity index (χ0) is 14.2. The zero-order valence-electron chi connectivity index (χ0n) is 12.9. The van der Waals surface area contributed by atoms with Crippen LogP contribution in [0.5, 0.6) is 0 Å². The lowest BCUT2D eigenvalue weighted by Gasteiger charge is -2.16. The molecule has 0 amide bonds. The first-order chi connectivity index (χ1) is 9.83. The molecule has 0 saturated heterocycles. The first-order valence-electron chi connectivity index (χ1n) is 7.98. The second-order valence-corrected chi connectivity index (χ2v) is 5.72. The van der Waals surface area contributed by atoms with Crippen LogP contribution in [-0.4, -0.2) is 13.1 Å². The summed E-state index contributed by atoms with van der Waals surface area (Å²) in [5.41, 5.74) is 1.44. The van der Waals surface area contributed by atoms with Crippen LogP contribution in [0.25, 0.3) is 10.8 Å². The van der Waals surface area contributed by atoms with Gasteiger partial charge in [-0.2, -0.15) is 0 Å². The smallest absolute Gasteiger partial charge is 0.0104 e. The highest BCUT2D eigenvalue weighted by Crippen LogP contribution is 2.18. The maximum atomic E-state index is 3.48. The zero-order valence-corrected chi connectivity index (χ0v) is 12.9. The molecule has 2 aromatic rings. The van der Waals surface area contributed by atoms with Crippen molar-refractivity contribution in [3.8, 4) is 0 Å². The normalized spacial score (nSPS) is 12.7. The van der Waals surface area contributed by atoms with E-state index in [9.17, 15) is 0 Å². The number of nitrogens with one attached hydrogen (secondary N) is 1. The summed E-state index contributed by atoms with van der Waals surface area (Å²) in [6, 6.07) is 16.1. The van der Waals surface area contributed by atoms with Gasteiger partial charge in [0.15, 0.2) is 0 Å². The molecule has 0 aliphatic rings. The van der Waals surface area contributed by atoms with E-state index < -0.39 is 0 Å². The Hall–Kier alpha value is -1.34. The van der Waals surface area contributed by atoms with Gasteiger partial charge in [0.1, 0.15) is 0 Å². The molecule has 2 rings (SSSR count). The van der Waals surface area contributed by atoms with Gasteiger partial charge in [-0.1, -0.05) is 75.1 Å². The molecule has 1 N–H and O–H groups in total. The van der Waals surface area contributed by atoms with Gasteiger partial charge in [0.2, 0.25) is 0 Å². The molecule has 0 spiro atoms. The number of benzene rings is 2. The van der Waals surface area contributed by atoms with E-state index in [0.29, 0.717) is 6.04 Å². The van der Waals surface area contributed by atoms with Gasteiger partial charge in [0, 0.05) is 6.04 Å². The van der Waals surface area contributed by atoms with Crippen molar-refractivity contribution in [3.05, 3.63) is 48.0 Å². The van der Waals surface area contributed by atoms with Crippen molar-refractivity contribution >= 4 is 10.8 Å². The van der Waals surface area contributed by atoms with E-state index in [1.54, 1.807) is 0 Å². The number of unbranched alkanes of at least 4 members (excludes halogenated alkanes) is 3. The summed E-state index contributed by atoms with van der Waals surface area (Å²) in [5.74, 6) is 0. The van der Waals surface area contributed by atoms with Crippen LogP contribution in [0.3, 0.4) is 0 Å². The second kappa shape index (κ2) is 8.06. The van der Waals surface area contributed by atoms with Crippen molar-refractivity contribution in [2.75, 3.05) is 7.05 Å². The predicted octanol–water partition coefficient (Wildman–Crippen LogP) is 4.94. The molecule has 20 heavy (non-hydrogen) atoms. The van der Waals surface area contributed by atoms with Gasteiger partial charge < -0.3 is 5.32 Å². The fourth-order valence-electron chi connectivity index (χ4n) is 2.82. The van der Waals surface area contributed by atoms with E-state index in [2.05, 4.69) is 61.8 Å². The van der Waals surface area contributed by atoms with E-state index in [-0.39, 0.29) is 0 Å². The first kappa shape index (κ1) is 15.1. The lowest BCUT2D eigenvalue weighted by Crippen LogP contribution is -2.27. The Morgan fingerprint density at radius 1 is 0.950 bits per heavy atom. The summed E-state index contributed by atoms with van der Waals surface area (Å²) >= 11 is 0. The molecule has 2 aromatic carbocycles. The fraction of sp³-hybridized carbons (Fsp3) is 0.474. The molecule has 0 aliphatic carbocycles. The number of fused-ring (bicyclic) bond motifs is 1. The quantitative estimate of drug-likeness (QED) is 0.669. The van der Waals surface area contributed by atoms with Crippen molar-refractivity contribution in [1.29, 1.82) is 0 Å². The van der Waals surface area contributed by atoms with Gasteiger partial charge in [-0.25, -0.2) is 0 Å². The third-order valence-corrected chi connectivity index (χ3v) is 4.11. The summed E-state index contributed by atoms with van der Waals surface area (Å²) in [7, 11) is 2.09. The minimum absolute atomic E-state index is 0.605. The van der Waals surface area contributed by atoms with Crippen molar-refractivity contribution in [2.45, 2.75) is 51.5 Å². The molecule has 1 unspecified atom stereocenters. The van der Waals surface area contributed by atoms with Crippen molar-refractivity contribution in [3.63, 3.8) is 0 Å². The monoisotopic (exact) mass is 269 g/mol. The van der Waals surface area contributed by atoms with Gasteiger partial charge in [0.25, 0.3) is 0 Å². The molecule has 0 radical (unpaired) electrons. The molecule has 0 saturated carbocycles. The Bertz CT molecular complexity index is 518. The minimum Gasteiger partial charge on any atom is -0.317 e. The SMILES string of the molecule is CCCCCCC(Cc1ccc2ccccc2c1)NC. The van der Waals surface area contributed by atoms with Crippen LogP contribution >= 0.6 is 0 Å². The maximum Gasteiger partial charge on any atom is 0.0104 e. The standard InChI is InChI=1S/C19H27N/c1-3-4-5-6-11-19(20-2)15-16-12-13-17-9-7-8-10-18(17)14-16/h7-10,12-14,19-20H,3-6,11,15H2,1-2H3. The highest BCUT2D eigenvalue weighted by Gasteiger charge is 2.07. The minimum atomic E-state index is 0.605. The van der Waals surface area contributed by atoms with Gasteiger partial charge >= 0.3 is 0 Å². The van der Waals surface area contributed by atoms with Crippen molar-refractivity contribution < 1.29 is 0 Å².